The molecule has 0 unspecified atom stereocenters. The number of aromatic nitrogens is 2. The van der Waals surface area contributed by atoms with Crippen LogP contribution >= 0.6 is 0 Å². The van der Waals surface area contributed by atoms with Crippen LogP contribution in [-0.2, 0) is 12.0 Å². The van der Waals surface area contributed by atoms with Crippen LogP contribution < -0.4 is 5.73 Å². The van der Waals surface area contributed by atoms with Gasteiger partial charge in [0, 0.05) is 29.6 Å². The highest BCUT2D eigenvalue weighted by Gasteiger charge is 2.26. The molecule has 2 rings (SSSR count). The van der Waals surface area contributed by atoms with Crippen molar-refractivity contribution in [1.29, 1.82) is 0 Å². The van der Waals surface area contributed by atoms with E-state index in [0.29, 0.717) is 17.6 Å². The van der Waals surface area contributed by atoms with Crippen LogP contribution in [0.3, 0.4) is 0 Å². The lowest BCUT2D eigenvalue weighted by Crippen LogP contribution is -2.38. The lowest BCUT2D eigenvalue weighted by molar-refractivity contribution is 0.407. The van der Waals surface area contributed by atoms with E-state index >= 15 is 0 Å². The van der Waals surface area contributed by atoms with Gasteiger partial charge in [0.05, 0.1) is 11.0 Å². The Bertz CT molecular complexity index is 646. The third-order valence-corrected chi connectivity index (χ3v) is 3.03. The first kappa shape index (κ1) is 14.9. The van der Waals surface area contributed by atoms with Crippen LogP contribution in [0.4, 0.5) is 8.78 Å². The Labute approximate surface area is 117 Å². The Hall–Kier alpha value is -1.49. The monoisotopic (exact) mass is 281 g/mol. The molecule has 1 aromatic heterocycles. The Morgan fingerprint density at radius 1 is 1.10 bits per heavy atom. The van der Waals surface area contributed by atoms with Gasteiger partial charge in [-0.25, -0.2) is 13.8 Å². The number of hydrogen-bond donors (Lipinski definition) is 1. The molecular formula is C15H21F2N3. The maximum absolute atomic E-state index is 13.5. The number of rotatable bonds is 2. The second-order valence-electron chi connectivity index (χ2n) is 7.02. The van der Waals surface area contributed by atoms with Crippen LogP contribution in [0.2, 0.25) is 0 Å². The first-order valence-corrected chi connectivity index (χ1v) is 6.64. The van der Waals surface area contributed by atoms with Gasteiger partial charge in [0.15, 0.2) is 11.6 Å². The SMILES string of the molecule is CC(C)(N)Cn1c(C(C)(C)C)nc2cc(F)c(F)cc21. The maximum atomic E-state index is 13.5. The Morgan fingerprint density at radius 3 is 2.15 bits per heavy atom. The summed E-state index contributed by atoms with van der Waals surface area (Å²) in [5.74, 6) is -0.973. The minimum Gasteiger partial charge on any atom is -0.326 e. The molecule has 2 N–H and O–H groups in total. The predicted molar refractivity (Wildman–Crippen MR) is 76.6 cm³/mol. The van der Waals surface area contributed by atoms with E-state index in [2.05, 4.69) is 4.98 Å². The van der Waals surface area contributed by atoms with E-state index in [1.807, 2.05) is 39.2 Å². The number of benzene rings is 1. The first-order chi connectivity index (χ1) is 8.99. The van der Waals surface area contributed by atoms with Gasteiger partial charge in [0.1, 0.15) is 5.82 Å². The van der Waals surface area contributed by atoms with Crippen LogP contribution in [0.5, 0.6) is 0 Å². The van der Waals surface area contributed by atoms with E-state index in [1.165, 1.54) is 6.07 Å². The van der Waals surface area contributed by atoms with Gasteiger partial charge in [-0.2, -0.15) is 0 Å². The van der Waals surface area contributed by atoms with Crippen LogP contribution in [0.15, 0.2) is 12.1 Å². The Balaban J connectivity index is 2.75. The largest absolute Gasteiger partial charge is 0.326 e. The molecule has 0 aliphatic carbocycles. The van der Waals surface area contributed by atoms with Crippen molar-refractivity contribution >= 4 is 11.0 Å². The summed E-state index contributed by atoms with van der Waals surface area (Å²) in [5, 5.41) is 0. The zero-order valence-electron chi connectivity index (χ0n) is 12.6. The topological polar surface area (TPSA) is 43.8 Å². The molecule has 0 saturated heterocycles. The number of imidazole rings is 1. The van der Waals surface area contributed by atoms with Crippen molar-refractivity contribution in [3.05, 3.63) is 29.6 Å². The van der Waals surface area contributed by atoms with Crippen LogP contribution in [0.25, 0.3) is 11.0 Å². The highest BCUT2D eigenvalue weighted by atomic mass is 19.2. The van der Waals surface area contributed by atoms with Gasteiger partial charge in [-0.15, -0.1) is 0 Å². The van der Waals surface area contributed by atoms with Crippen molar-refractivity contribution in [2.24, 2.45) is 5.73 Å². The fourth-order valence-electron chi connectivity index (χ4n) is 2.26. The molecule has 110 valence electrons. The lowest BCUT2D eigenvalue weighted by Gasteiger charge is -2.25. The van der Waals surface area contributed by atoms with Gasteiger partial charge >= 0.3 is 0 Å². The fourth-order valence-corrected chi connectivity index (χ4v) is 2.26. The molecule has 0 spiro atoms. The van der Waals surface area contributed by atoms with Crippen molar-refractivity contribution in [3.8, 4) is 0 Å². The van der Waals surface area contributed by atoms with Gasteiger partial charge in [-0.3, -0.25) is 0 Å². The molecule has 0 radical (unpaired) electrons. The normalized spacial score (nSPS) is 13.2. The average Bonchev–Trinajstić information content (AvgIpc) is 2.55. The predicted octanol–water partition coefficient (Wildman–Crippen LogP) is 3.35. The maximum Gasteiger partial charge on any atom is 0.161 e. The van der Waals surface area contributed by atoms with E-state index in [1.54, 1.807) is 0 Å². The highest BCUT2D eigenvalue weighted by molar-refractivity contribution is 5.76. The van der Waals surface area contributed by atoms with E-state index in [4.69, 9.17) is 5.73 Å². The molecule has 0 saturated carbocycles. The fraction of sp³-hybridized carbons (Fsp3) is 0.533. The van der Waals surface area contributed by atoms with Crippen molar-refractivity contribution < 1.29 is 8.78 Å². The van der Waals surface area contributed by atoms with E-state index in [0.717, 1.165) is 11.9 Å². The number of hydrogen-bond acceptors (Lipinski definition) is 2. The van der Waals surface area contributed by atoms with Crippen molar-refractivity contribution in [2.45, 2.75) is 52.1 Å². The molecule has 1 heterocycles. The van der Waals surface area contributed by atoms with Gasteiger partial charge in [0.2, 0.25) is 0 Å². The second-order valence-corrected chi connectivity index (χ2v) is 7.02. The van der Waals surface area contributed by atoms with Crippen molar-refractivity contribution in [1.82, 2.24) is 9.55 Å². The molecule has 20 heavy (non-hydrogen) atoms. The van der Waals surface area contributed by atoms with Gasteiger partial charge in [-0.1, -0.05) is 20.8 Å². The van der Waals surface area contributed by atoms with Crippen molar-refractivity contribution in [2.75, 3.05) is 0 Å². The van der Waals surface area contributed by atoms with Crippen molar-refractivity contribution in [3.63, 3.8) is 0 Å². The highest BCUT2D eigenvalue weighted by Crippen LogP contribution is 2.28. The molecule has 5 heteroatoms. The minimum absolute atomic E-state index is 0.239. The number of nitrogens with two attached hydrogens (primary N) is 1. The second kappa shape index (κ2) is 4.52. The summed E-state index contributed by atoms with van der Waals surface area (Å²) >= 11 is 0. The third-order valence-electron chi connectivity index (χ3n) is 3.03. The lowest BCUT2D eigenvalue weighted by atomic mass is 9.95. The van der Waals surface area contributed by atoms with Crippen LogP contribution in [0.1, 0.15) is 40.4 Å². The van der Waals surface area contributed by atoms with Gasteiger partial charge < -0.3 is 10.3 Å². The summed E-state index contributed by atoms with van der Waals surface area (Å²) in [5.41, 5.74) is 6.40. The summed E-state index contributed by atoms with van der Waals surface area (Å²) in [6, 6.07) is 2.33. The van der Waals surface area contributed by atoms with Crippen LogP contribution in [-0.4, -0.2) is 15.1 Å². The average molecular weight is 281 g/mol. The zero-order chi connectivity index (χ0) is 15.3. The molecule has 1 aromatic carbocycles. The molecule has 2 aromatic rings. The Morgan fingerprint density at radius 2 is 1.65 bits per heavy atom. The quantitative estimate of drug-likeness (QED) is 0.917. The van der Waals surface area contributed by atoms with Gasteiger partial charge in [0.25, 0.3) is 0 Å². The molecule has 3 nitrogen and oxygen atoms in total. The first-order valence-electron chi connectivity index (χ1n) is 6.64. The standard InChI is InChI=1S/C15H21F2N3/c1-14(2,3)13-19-11-6-9(16)10(17)7-12(11)20(13)8-15(4,5)18/h6-7H,8,18H2,1-5H3. The molecule has 0 fully saturated rings. The zero-order valence-corrected chi connectivity index (χ0v) is 12.6. The van der Waals surface area contributed by atoms with Crippen LogP contribution in [0, 0.1) is 11.6 Å². The molecular weight excluding hydrogens is 260 g/mol. The van der Waals surface area contributed by atoms with E-state index in [9.17, 15) is 8.78 Å². The molecule has 0 aliphatic rings. The summed E-state index contributed by atoms with van der Waals surface area (Å²) in [7, 11) is 0. The number of fused-ring (bicyclic) bond motifs is 1. The minimum atomic E-state index is -0.880. The summed E-state index contributed by atoms with van der Waals surface area (Å²) in [6.07, 6.45) is 0. The summed E-state index contributed by atoms with van der Waals surface area (Å²) < 4.78 is 28.8. The van der Waals surface area contributed by atoms with Gasteiger partial charge in [-0.05, 0) is 13.8 Å². The van der Waals surface area contributed by atoms with E-state index < -0.39 is 17.2 Å². The molecule has 0 bridgehead atoms. The molecule has 0 atom stereocenters. The summed E-state index contributed by atoms with van der Waals surface area (Å²) in [4.78, 5) is 4.47. The molecule has 0 aliphatic heterocycles. The summed E-state index contributed by atoms with van der Waals surface area (Å²) in [6.45, 7) is 10.3. The smallest absolute Gasteiger partial charge is 0.161 e. The third kappa shape index (κ3) is 2.82. The number of nitrogens with zero attached hydrogens (tertiary/aromatic N) is 2. The molecule has 0 amide bonds. The van der Waals surface area contributed by atoms with E-state index in [-0.39, 0.29) is 5.41 Å². The number of halogens is 2. The Kier molecular flexibility index (Phi) is 3.37.